The Kier molecular flexibility index (Phi) is 14.5. The predicted octanol–water partition coefficient (Wildman–Crippen LogP) is 7.70. The zero-order valence-electron chi connectivity index (χ0n) is 31.0. The highest BCUT2D eigenvalue weighted by atomic mass is 16.5. The molecular formula is C40H74N4O2. The van der Waals surface area contributed by atoms with Crippen LogP contribution in [-0.2, 0) is 9.53 Å². The number of rotatable bonds is 19. The molecule has 3 saturated carbocycles. The number of nitrogens with two attached hydrogens (primary N) is 2. The van der Waals surface area contributed by atoms with E-state index in [1.165, 1.54) is 57.8 Å². The minimum absolute atomic E-state index is 0.0188. The maximum absolute atomic E-state index is 13.5. The highest BCUT2D eigenvalue weighted by molar-refractivity contribution is 5.75. The first-order chi connectivity index (χ1) is 22.0. The molecule has 0 aromatic heterocycles. The van der Waals surface area contributed by atoms with Crippen molar-refractivity contribution >= 4 is 5.97 Å². The number of carbonyl (C=O) groups excluding carboxylic acids is 1. The van der Waals surface area contributed by atoms with Gasteiger partial charge in [0.2, 0.25) is 0 Å². The molecular weight excluding hydrogens is 568 g/mol. The first-order valence-corrected chi connectivity index (χ1v) is 19.8. The second kappa shape index (κ2) is 17.6. The quantitative estimate of drug-likeness (QED) is 0.0760. The highest BCUT2D eigenvalue weighted by Gasteiger charge is 2.59. The van der Waals surface area contributed by atoms with Crippen LogP contribution in [0.4, 0.5) is 0 Å². The van der Waals surface area contributed by atoms with Gasteiger partial charge in [0, 0.05) is 13.0 Å². The Hall–Kier alpha value is -0.950. The van der Waals surface area contributed by atoms with E-state index in [0.717, 1.165) is 107 Å². The number of ether oxygens (including phenoxy) is 1. The predicted molar refractivity (Wildman–Crippen MR) is 193 cm³/mol. The molecule has 9 atom stereocenters. The third kappa shape index (κ3) is 8.98. The molecule has 0 aliphatic heterocycles. The van der Waals surface area contributed by atoms with Crippen molar-refractivity contribution in [3.8, 4) is 0 Å². The molecule has 4 aliphatic carbocycles. The molecule has 6 heteroatoms. The molecule has 5 N–H and O–H groups in total. The van der Waals surface area contributed by atoms with Crippen LogP contribution in [0.5, 0.6) is 0 Å². The normalized spacial score (nSPS) is 33.7. The van der Waals surface area contributed by atoms with Crippen molar-refractivity contribution in [3.63, 3.8) is 0 Å². The highest BCUT2D eigenvalue weighted by Crippen LogP contribution is 2.67. The van der Waals surface area contributed by atoms with E-state index in [2.05, 4.69) is 50.9 Å². The number of unbranched alkanes of at least 4 members (excludes halogenated alkanes) is 1. The van der Waals surface area contributed by atoms with Crippen LogP contribution in [-0.4, -0.2) is 62.3 Å². The molecule has 46 heavy (non-hydrogen) atoms. The number of fused-ring (bicyclic) bond motifs is 5. The minimum atomic E-state index is -0.228. The standard InChI is InChI=1S/C40H74N4O2/c1-29(2)12-9-13-30(3)35-16-17-36-34-15-14-32-28-33(18-20-39(32,5)37(34)19-21-40(35,36)6)46-38(45)31(4)44(27-11-23-42)26-8-7-24-43-25-10-22-41/h14,29-31,33-37,43H,7-13,15-28,41-42H2,1-6H3. The maximum Gasteiger partial charge on any atom is 0.323 e. The summed E-state index contributed by atoms with van der Waals surface area (Å²) in [6.45, 7) is 19.7. The third-order valence-corrected chi connectivity index (χ3v) is 13.7. The van der Waals surface area contributed by atoms with Crippen molar-refractivity contribution in [2.24, 2.45) is 57.8 Å². The lowest BCUT2D eigenvalue weighted by Crippen LogP contribution is -2.51. The van der Waals surface area contributed by atoms with Crippen molar-refractivity contribution in [1.29, 1.82) is 0 Å². The van der Waals surface area contributed by atoms with Gasteiger partial charge in [-0.25, -0.2) is 0 Å². The van der Waals surface area contributed by atoms with Gasteiger partial charge in [0.15, 0.2) is 0 Å². The van der Waals surface area contributed by atoms with Gasteiger partial charge in [-0.2, -0.15) is 0 Å². The van der Waals surface area contributed by atoms with Gasteiger partial charge in [-0.15, -0.1) is 0 Å². The van der Waals surface area contributed by atoms with Crippen LogP contribution in [0.25, 0.3) is 0 Å². The van der Waals surface area contributed by atoms with Gasteiger partial charge in [-0.1, -0.05) is 65.5 Å². The summed E-state index contributed by atoms with van der Waals surface area (Å²) >= 11 is 0. The van der Waals surface area contributed by atoms with Crippen molar-refractivity contribution in [3.05, 3.63) is 11.6 Å². The van der Waals surface area contributed by atoms with Crippen LogP contribution in [0.3, 0.4) is 0 Å². The van der Waals surface area contributed by atoms with Gasteiger partial charge in [0.05, 0.1) is 0 Å². The molecule has 4 rings (SSSR count). The molecule has 0 aromatic carbocycles. The number of nitrogens with zero attached hydrogens (tertiary/aromatic N) is 1. The Labute approximate surface area is 284 Å². The molecule has 0 radical (unpaired) electrons. The second-order valence-electron chi connectivity index (χ2n) is 17.0. The van der Waals surface area contributed by atoms with E-state index in [1.807, 2.05) is 6.92 Å². The van der Waals surface area contributed by atoms with Gasteiger partial charge in [0.1, 0.15) is 12.1 Å². The van der Waals surface area contributed by atoms with Crippen LogP contribution in [0, 0.1) is 46.3 Å². The Morgan fingerprint density at radius 1 is 0.913 bits per heavy atom. The summed E-state index contributed by atoms with van der Waals surface area (Å²) in [6, 6.07) is -0.228. The van der Waals surface area contributed by atoms with Crippen molar-refractivity contribution in [2.45, 2.75) is 150 Å². The molecule has 0 bridgehead atoms. The van der Waals surface area contributed by atoms with Crippen LogP contribution < -0.4 is 16.8 Å². The van der Waals surface area contributed by atoms with E-state index in [9.17, 15) is 4.79 Å². The lowest BCUT2D eigenvalue weighted by atomic mass is 9.47. The molecule has 3 fully saturated rings. The summed E-state index contributed by atoms with van der Waals surface area (Å²) in [4.78, 5) is 15.8. The smallest absolute Gasteiger partial charge is 0.323 e. The molecule has 0 spiro atoms. The molecule has 266 valence electrons. The lowest BCUT2D eigenvalue weighted by molar-refractivity contribution is -0.157. The van der Waals surface area contributed by atoms with Crippen LogP contribution in [0.2, 0.25) is 0 Å². The summed E-state index contributed by atoms with van der Waals surface area (Å²) in [5, 5.41) is 3.47. The fraction of sp³-hybridized carbons (Fsp3) is 0.925. The van der Waals surface area contributed by atoms with E-state index < -0.39 is 0 Å². The largest absolute Gasteiger partial charge is 0.461 e. The monoisotopic (exact) mass is 643 g/mol. The molecule has 0 saturated heterocycles. The van der Waals surface area contributed by atoms with Crippen molar-refractivity contribution in [1.82, 2.24) is 10.2 Å². The van der Waals surface area contributed by atoms with Gasteiger partial charge in [0.25, 0.3) is 0 Å². The van der Waals surface area contributed by atoms with E-state index >= 15 is 0 Å². The van der Waals surface area contributed by atoms with Gasteiger partial charge in [-0.3, -0.25) is 9.69 Å². The average Bonchev–Trinajstić information content (AvgIpc) is 3.39. The van der Waals surface area contributed by atoms with Gasteiger partial charge >= 0.3 is 5.97 Å². The first kappa shape index (κ1) is 37.9. The number of hydrogen-bond acceptors (Lipinski definition) is 6. The molecule has 0 aromatic rings. The van der Waals surface area contributed by atoms with Gasteiger partial charge in [-0.05, 0) is 157 Å². The summed E-state index contributed by atoms with van der Waals surface area (Å²) in [7, 11) is 0. The Morgan fingerprint density at radius 2 is 1.65 bits per heavy atom. The average molecular weight is 643 g/mol. The topological polar surface area (TPSA) is 93.6 Å². The number of allylic oxidation sites excluding steroid dienone is 1. The Balaban J connectivity index is 1.31. The molecule has 0 heterocycles. The SMILES string of the molecule is CC(C)CCCC(C)C1CCC2C3CC=C4CC(OC(=O)C(C)N(CCCN)CCCCNCCCN)CCC4(C)C3CCC12C. The molecule has 4 aliphatic rings. The first-order valence-electron chi connectivity index (χ1n) is 19.8. The fourth-order valence-electron chi connectivity index (χ4n) is 10.9. The number of nitrogens with one attached hydrogen (secondary N) is 1. The summed E-state index contributed by atoms with van der Waals surface area (Å²) in [6.07, 6.45) is 21.0. The summed E-state index contributed by atoms with van der Waals surface area (Å²) in [5.41, 5.74) is 13.9. The Morgan fingerprint density at radius 3 is 2.39 bits per heavy atom. The van der Waals surface area contributed by atoms with Gasteiger partial charge < -0.3 is 21.5 Å². The van der Waals surface area contributed by atoms with Crippen LogP contribution in [0.15, 0.2) is 11.6 Å². The van der Waals surface area contributed by atoms with Crippen LogP contribution in [0.1, 0.15) is 138 Å². The van der Waals surface area contributed by atoms with E-state index in [-0.39, 0.29) is 23.5 Å². The van der Waals surface area contributed by atoms with Crippen molar-refractivity contribution < 1.29 is 9.53 Å². The van der Waals surface area contributed by atoms with Crippen LogP contribution >= 0.6 is 0 Å². The second-order valence-corrected chi connectivity index (χ2v) is 17.0. The lowest BCUT2D eigenvalue weighted by Gasteiger charge is -2.58. The zero-order valence-corrected chi connectivity index (χ0v) is 31.0. The fourth-order valence-corrected chi connectivity index (χ4v) is 10.9. The third-order valence-electron chi connectivity index (χ3n) is 13.7. The number of carbonyl (C=O) groups is 1. The van der Waals surface area contributed by atoms with E-state index in [0.29, 0.717) is 12.0 Å². The Bertz CT molecular complexity index is 969. The summed E-state index contributed by atoms with van der Waals surface area (Å²) < 4.78 is 6.31. The number of esters is 1. The molecule has 0 amide bonds. The molecule has 6 nitrogen and oxygen atoms in total. The minimum Gasteiger partial charge on any atom is -0.461 e. The zero-order chi connectivity index (χ0) is 33.3. The van der Waals surface area contributed by atoms with E-state index in [4.69, 9.17) is 16.2 Å². The number of hydrogen-bond donors (Lipinski definition) is 3. The van der Waals surface area contributed by atoms with E-state index in [1.54, 1.807) is 5.57 Å². The molecule has 9 unspecified atom stereocenters. The summed E-state index contributed by atoms with van der Waals surface area (Å²) in [5.74, 6) is 5.07. The van der Waals surface area contributed by atoms with Crippen molar-refractivity contribution in [2.75, 3.05) is 39.3 Å². The maximum atomic E-state index is 13.5.